The Morgan fingerprint density at radius 2 is 1.51 bits per heavy atom. The standard InChI is InChI=1S/C25H31F3N4O3/c26-25(27,28)35-23-7-1-20(2-8-23)19-31-13-11-30(12-14-31)10-9-24(33)29-21-3-5-22(6-4-21)32-15-17-34-18-16-32/h1-8H,9-19H2,(H,29,33). The molecule has 0 aliphatic carbocycles. The van der Waals surface area contributed by atoms with E-state index in [2.05, 4.69) is 24.8 Å². The van der Waals surface area contributed by atoms with E-state index < -0.39 is 6.36 Å². The predicted molar refractivity (Wildman–Crippen MR) is 128 cm³/mol. The van der Waals surface area contributed by atoms with Gasteiger partial charge in [-0.25, -0.2) is 0 Å². The van der Waals surface area contributed by atoms with E-state index in [1.165, 1.54) is 12.1 Å². The van der Waals surface area contributed by atoms with Crippen molar-refractivity contribution in [1.82, 2.24) is 9.80 Å². The smallest absolute Gasteiger partial charge is 0.406 e. The van der Waals surface area contributed by atoms with Crippen LogP contribution in [0.4, 0.5) is 24.5 Å². The number of amides is 1. The Labute approximate surface area is 203 Å². The molecule has 0 spiro atoms. The zero-order chi connectivity index (χ0) is 24.7. The van der Waals surface area contributed by atoms with Gasteiger partial charge >= 0.3 is 6.36 Å². The molecule has 4 rings (SSSR count). The molecule has 1 amide bonds. The highest BCUT2D eigenvalue weighted by atomic mass is 19.4. The molecule has 1 N–H and O–H groups in total. The Hall–Kier alpha value is -2.82. The number of alkyl halides is 3. The molecule has 0 unspecified atom stereocenters. The number of benzene rings is 2. The van der Waals surface area contributed by atoms with E-state index in [-0.39, 0.29) is 11.7 Å². The third kappa shape index (κ3) is 8.12. The summed E-state index contributed by atoms with van der Waals surface area (Å²) in [6.07, 6.45) is -4.26. The maximum Gasteiger partial charge on any atom is 0.573 e. The van der Waals surface area contributed by atoms with Gasteiger partial charge in [-0.1, -0.05) is 12.1 Å². The first-order chi connectivity index (χ1) is 16.8. The van der Waals surface area contributed by atoms with Gasteiger partial charge in [-0.15, -0.1) is 13.2 Å². The average Bonchev–Trinajstić information content (AvgIpc) is 2.85. The summed E-state index contributed by atoms with van der Waals surface area (Å²) in [6, 6.07) is 13.9. The molecule has 0 saturated carbocycles. The second kappa shape index (κ2) is 11.7. The molecule has 2 aliphatic heterocycles. The van der Waals surface area contributed by atoms with E-state index >= 15 is 0 Å². The van der Waals surface area contributed by atoms with Crippen molar-refractivity contribution in [3.63, 3.8) is 0 Å². The van der Waals surface area contributed by atoms with E-state index in [9.17, 15) is 18.0 Å². The zero-order valence-corrected chi connectivity index (χ0v) is 19.6. The molecule has 2 saturated heterocycles. The number of hydrogen-bond acceptors (Lipinski definition) is 6. The number of morpholine rings is 1. The first-order valence-electron chi connectivity index (χ1n) is 11.9. The van der Waals surface area contributed by atoms with Gasteiger partial charge < -0.3 is 24.6 Å². The molecule has 0 radical (unpaired) electrons. The third-order valence-corrected chi connectivity index (χ3v) is 6.21. The number of halogens is 3. The van der Waals surface area contributed by atoms with Gasteiger partial charge in [-0.2, -0.15) is 0 Å². The topological polar surface area (TPSA) is 57.3 Å². The first kappa shape index (κ1) is 25.3. The summed E-state index contributed by atoms with van der Waals surface area (Å²) in [5, 5.41) is 2.97. The lowest BCUT2D eigenvalue weighted by Crippen LogP contribution is -2.46. The number of carbonyl (C=O) groups excluding carboxylic acids is 1. The molecular weight excluding hydrogens is 461 g/mol. The molecule has 2 aromatic carbocycles. The van der Waals surface area contributed by atoms with Crippen LogP contribution < -0.4 is 15.0 Å². The number of ether oxygens (including phenoxy) is 2. The fourth-order valence-corrected chi connectivity index (χ4v) is 4.29. The highest BCUT2D eigenvalue weighted by Crippen LogP contribution is 2.23. The zero-order valence-electron chi connectivity index (χ0n) is 19.6. The summed E-state index contributed by atoms with van der Waals surface area (Å²) in [5.74, 6) is -0.217. The largest absolute Gasteiger partial charge is 0.573 e. The Morgan fingerprint density at radius 1 is 0.886 bits per heavy atom. The summed E-state index contributed by atoms with van der Waals surface area (Å²) in [6.45, 7) is 7.95. The lowest BCUT2D eigenvalue weighted by atomic mass is 10.2. The molecule has 2 fully saturated rings. The summed E-state index contributed by atoms with van der Waals surface area (Å²) in [5.41, 5.74) is 2.87. The van der Waals surface area contributed by atoms with Gasteiger partial charge in [0.25, 0.3) is 0 Å². The monoisotopic (exact) mass is 492 g/mol. The Morgan fingerprint density at radius 3 is 2.14 bits per heavy atom. The molecule has 0 aromatic heterocycles. The van der Waals surface area contributed by atoms with Crippen molar-refractivity contribution in [1.29, 1.82) is 0 Å². The molecule has 7 nitrogen and oxygen atoms in total. The molecule has 0 atom stereocenters. The van der Waals surface area contributed by atoms with Gasteiger partial charge in [0.1, 0.15) is 5.75 Å². The van der Waals surface area contributed by atoms with Crippen LogP contribution in [-0.2, 0) is 16.1 Å². The SMILES string of the molecule is O=C(CCN1CCN(Cc2ccc(OC(F)(F)F)cc2)CC1)Nc1ccc(N2CCOCC2)cc1. The number of nitrogens with zero attached hydrogens (tertiary/aromatic N) is 3. The number of rotatable bonds is 8. The van der Waals surface area contributed by atoms with E-state index in [4.69, 9.17) is 4.74 Å². The number of nitrogens with one attached hydrogen (secondary N) is 1. The van der Waals surface area contributed by atoms with E-state index in [0.717, 1.165) is 69.4 Å². The van der Waals surface area contributed by atoms with Crippen molar-refractivity contribution in [2.75, 3.05) is 69.2 Å². The fraction of sp³-hybridized carbons (Fsp3) is 0.480. The summed E-state index contributed by atoms with van der Waals surface area (Å²) in [7, 11) is 0. The minimum atomic E-state index is -4.68. The van der Waals surface area contributed by atoms with Crippen LogP contribution in [0, 0.1) is 0 Å². The van der Waals surface area contributed by atoms with Gasteiger partial charge in [0.2, 0.25) is 5.91 Å². The van der Waals surface area contributed by atoms with Crippen molar-refractivity contribution in [3.05, 3.63) is 54.1 Å². The van der Waals surface area contributed by atoms with Crippen LogP contribution in [-0.4, -0.2) is 81.1 Å². The van der Waals surface area contributed by atoms with E-state index in [0.29, 0.717) is 19.5 Å². The van der Waals surface area contributed by atoms with Crippen molar-refractivity contribution in [2.24, 2.45) is 0 Å². The normalized spacial score (nSPS) is 17.9. The highest BCUT2D eigenvalue weighted by molar-refractivity contribution is 5.91. The fourth-order valence-electron chi connectivity index (χ4n) is 4.29. The van der Waals surface area contributed by atoms with Crippen LogP contribution in [0.15, 0.2) is 48.5 Å². The molecular formula is C25H31F3N4O3. The summed E-state index contributed by atoms with van der Waals surface area (Å²) in [4.78, 5) is 19.2. The van der Waals surface area contributed by atoms with Crippen molar-refractivity contribution in [2.45, 2.75) is 19.3 Å². The number of piperazine rings is 1. The van der Waals surface area contributed by atoms with Crippen LogP contribution in [0.2, 0.25) is 0 Å². The Balaban J connectivity index is 1.14. The maximum atomic E-state index is 12.4. The lowest BCUT2D eigenvalue weighted by Gasteiger charge is -2.34. The third-order valence-electron chi connectivity index (χ3n) is 6.21. The van der Waals surface area contributed by atoms with Crippen LogP contribution in [0.5, 0.6) is 5.75 Å². The minimum absolute atomic E-state index is 0.00674. The number of anilines is 2. The second-order valence-corrected chi connectivity index (χ2v) is 8.75. The van der Waals surface area contributed by atoms with Crippen molar-refractivity contribution in [3.8, 4) is 5.75 Å². The average molecular weight is 493 g/mol. The highest BCUT2D eigenvalue weighted by Gasteiger charge is 2.31. The summed E-state index contributed by atoms with van der Waals surface area (Å²) >= 11 is 0. The van der Waals surface area contributed by atoms with Gasteiger partial charge in [-0.05, 0) is 42.0 Å². The van der Waals surface area contributed by atoms with Gasteiger partial charge in [-0.3, -0.25) is 9.69 Å². The van der Waals surface area contributed by atoms with Crippen LogP contribution in [0.1, 0.15) is 12.0 Å². The number of hydrogen-bond donors (Lipinski definition) is 1. The van der Waals surface area contributed by atoms with Crippen molar-refractivity contribution >= 4 is 17.3 Å². The van der Waals surface area contributed by atoms with Crippen LogP contribution in [0.3, 0.4) is 0 Å². The lowest BCUT2D eigenvalue weighted by molar-refractivity contribution is -0.274. The molecule has 35 heavy (non-hydrogen) atoms. The molecule has 2 aromatic rings. The Kier molecular flexibility index (Phi) is 8.48. The maximum absolute atomic E-state index is 12.4. The van der Waals surface area contributed by atoms with E-state index in [1.54, 1.807) is 12.1 Å². The minimum Gasteiger partial charge on any atom is -0.406 e. The molecule has 10 heteroatoms. The van der Waals surface area contributed by atoms with Gasteiger partial charge in [0.15, 0.2) is 0 Å². The molecule has 2 heterocycles. The predicted octanol–water partition coefficient (Wildman–Crippen LogP) is 3.57. The number of carbonyl (C=O) groups is 1. The van der Waals surface area contributed by atoms with Crippen molar-refractivity contribution < 1.29 is 27.4 Å². The van der Waals surface area contributed by atoms with Crippen LogP contribution in [0.25, 0.3) is 0 Å². The second-order valence-electron chi connectivity index (χ2n) is 8.75. The molecule has 0 bridgehead atoms. The van der Waals surface area contributed by atoms with E-state index in [1.807, 2.05) is 24.3 Å². The quantitative estimate of drug-likeness (QED) is 0.608. The summed E-state index contributed by atoms with van der Waals surface area (Å²) < 4.78 is 46.2. The van der Waals surface area contributed by atoms with Gasteiger partial charge in [0.05, 0.1) is 13.2 Å². The molecule has 190 valence electrons. The molecule has 2 aliphatic rings. The van der Waals surface area contributed by atoms with Gasteiger partial charge in [0, 0.05) is 70.2 Å². The van der Waals surface area contributed by atoms with Crippen LogP contribution >= 0.6 is 0 Å². The Bertz CT molecular complexity index is 940. The first-order valence-corrected chi connectivity index (χ1v) is 11.9.